The van der Waals surface area contributed by atoms with Crippen LogP contribution in [0.4, 0.5) is 10.5 Å². The summed E-state index contributed by atoms with van der Waals surface area (Å²) in [6.45, 7) is 3.45. The third-order valence-electron chi connectivity index (χ3n) is 4.90. The molecule has 1 fully saturated rings. The first-order valence-electron chi connectivity index (χ1n) is 9.48. The third kappa shape index (κ3) is 4.52. The Morgan fingerprint density at radius 2 is 1.76 bits per heavy atom. The summed E-state index contributed by atoms with van der Waals surface area (Å²) >= 11 is 0. The molecule has 1 saturated heterocycles. The Bertz CT molecular complexity index is 935. The molecule has 1 aliphatic heterocycles. The SMILES string of the molecule is COc1ccc(NC(=O)N2CCN(Cc3nnnn3-c3ccccc3)CC2)cc1. The van der Waals surface area contributed by atoms with Crippen LogP contribution in [0, 0.1) is 0 Å². The molecule has 0 unspecified atom stereocenters. The highest BCUT2D eigenvalue weighted by atomic mass is 16.5. The molecule has 3 aromatic rings. The summed E-state index contributed by atoms with van der Waals surface area (Å²) in [5.41, 5.74) is 1.69. The number of nitrogens with zero attached hydrogens (tertiary/aromatic N) is 6. The lowest BCUT2D eigenvalue weighted by atomic mass is 10.3. The molecule has 0 atom stereocenters. The maximum atomic E-state index is 12.5. The molecule has 1 aliphatic rings. The second-order valence-electron chi connectivity index (χ2n) is 6.76. The fourth-order valence-corrected chi connectivity index (χ4v) is 3.26. The first kappa shape index (κ1) is 18.9. The molecular formula is C20H23N7O2. The molecule has 0 spiro atoms. The van der Waals surface area contributed by atoms with Crippen LogP contribution in [-0.4, -0.2) is 69.3 Å². The molecule has 0 radical (unpaired) electrons. The number of carbonyl (C=O) groups is 1. The number of para-hydroxylation sites is 1. The van der Waals surface area contributed by atoms with Crippen LogP contribution in [0.15, 0.2) is 54.6 Å². The van der Waals surface area contributed by atoms with Gasteiger partial charge in [0.25, 0.3) is 0 Å². The van der Waals surface area contributed by atoms with E-state index in [0.29, 0.717) is 19.6 Å². The lowest BCUT2D eigenvalue weighted by Gasteiger charge is -2.34. The minimum absolute atomic E-state index is 0.0936. The Labute approximate surface area is 168 Å². The predicted molar refractivity (Wildman–Crippen MR) is 108 cm³/mol. The van der Waals surface area contributed by atoms with Crippen molar-refractivity contribution in [2.24, 2.45) is 0 Å². The van der Waals surface area contributed by atoms with Crippen molar-refractivity contribution in [1.82, 2.24) is 30.0 Å². The molecule has 29 heavy (non-hydrogen) atoms. The number of methoxy groups -OCH3 is 1. The van der Waals surface area contributed by atoms with Crippen molar-refractivity contribution < 1.29 is 9.53 Å². The van der Waals surface area contributed by atoms with Gasteiger partial charge in [-0.2, -0.15) is 4.68 Å². The molecule has 4 rings (SSSR count). The Kier molecular flexibility index (Phi) is 5.66. The quantitative estimate of drug-likeness (QED) is 0.714. The summed E-state index contributed by atoms with van der Waals surface area (Å²) < 4.78 is 6.89. The molecule has 0 saturated carbocycles. The standard InChI is InChI=1S/C20H23N7O2/c1-29-18-9-7-16(8-10-18)21-20(28)26-13-11-25(12-14-26)15-19-22-23-24-27(19)17-5-3-2-4-6-17/h2-10H,11-15H2,1H3,(H,21,28). The molecule has 1 aromatic heterocycles. The third-order valence-corrected chi connectivity index (χ3v) is 4.90. The van der Waals surface area contributed by atoms with Gasteiger partial charge < -0.3 is 15.0 Å². The van der Waals surface area contributed by atoms with E-state index in [1.807, 2.05) is 59.5 Å². The molecule has 2 heterocycles. The Morgan fingerprint density at radius 1 is 1.03 bits per heavy atom. The van der Waals surface area contributed by atoms with Gasteiger partial charge >= 0.3 is 6.03 Å². The first-order chi connectivity index (χ1) is 14.2. The number of hydrogen-bond acceptors (Lipinski definition) is 6. The largest absolute Gasteiger partial charge is 0.497 e. The zero-order valence-electron chi connectivity index (χ0n) is 16.2. The second kappa shape index (κ2) is 8.70. The van der Waals surface area contributed by atoms with Crippen LogP contribution in [0.1, 0.15) is 5.82 Å². The molecule has 9 nitrogen and oxygen atoms in total. The van der Waals surface area contributed by atoms with Gasteiger partial charge in [0.2, 0.25) is 0 Å². The fourth-order valence-electron chi connectivity index (χ4n) is 3.26. The number of nitrogens with one attached hydrogen (secondary N) is 1. The number of carbonyl (C=O) groups excluding carboxylic acids is 1. The van der Waals surface area contributed by atoms with Crippen molar-refractivity contribution in [2.45, 2.75) is 6.54 Å². The number of ether oxygens (including phenoxy) is 1. The highest BCUT2D eigenvalue weighted by molar-refractivity contribution is 5.89. The molecule has 2 aromatic carbocycles. The predicted octanol–water partition coefficient (Wildman–Crippen LogP) is 2.02. The Morgan fingerprint density at radius 3 is 2.45 bits per heavy atom. The van der Waals surface area contributed by atoms with Gasteiger partial charge in [-0.25, -0.2) is 4.79 Å². The monoisotopic (exact) mass is 393 g/mol. The van der Waals surface area contributed by atoms with Gasteiger partial charge in [-0.15, -0.1) is 5.10 Å². The van der Waals surface area contributed by atoms with Crippen molar-refractivity contribution in [3.63, 3.8) is 0 Å². The van der Waals surface area contributed by atoms with Crippen LogP contribution in [0.2, 0.25) is 0 Å². The van der Waals surface area contributed by atoms with Crippen molar-refractivity contribution in [3.8, 4) is 11.4 Å². The van der Waals surface area contributed by atoms with Gasteiger partial charge in [0.15, 0.2) is 5.82 Å². The van der Waals surface area contributed by atoms with E-state index in [4.69, 9.17) is 4.74 Å². The van der Waals surface area contributed by atoms with E-state index in [2.05, 4.69) is 25.7 Å². The smallest absolute Gasteiger partial charge is 0.321 e. The van der Waals surface area contributed by atoms with Gasteiger partial charge in [-0.05, 0) is 46.8 Å². The summed E-state index contributed by atoms with van der Waals surface area (Å²) in [7, 11) is 1.62. The molecule has 150 valence electrons. The number of tetrazole rings is 1. The highest BCUT2D eigenvalue weighted by Gasteiger charge is 2.23. The summed E-state index contributed by atoms with van der Waals surface area (Å²) in [5, 5.41) is 15.0. The van der Waals surface area contributed by atoms with Crippen LogP contribution < -0.4 is 10.1 Å². The van der Waals surface area contributed by atoms with Gasteiger partial charge in [-0.3, -0.25) is 4.90 Å². The van der Waals surface area contributed by atoms with Crippen LogP contribution in [0.25, 0.3) is 5.69 Å². The van der Waals surface area contributed by atoms with Crippen molar-refractivity contribution in [2.75, 3.05) is 38.6 Å². The second-order valence-corrected chi connectivity index (χ2v) is 6.76. The lowest BCUT2D eigenvalue weighted by molar-refractivity contribution is 0.140. The van der Waals surface area contributed by atoms with Gasteiger partial charge in [0.05, 0.1) is 19.3 Å². The van der Waals surface area contributed by atoms with E-state index < -0.39 is 0 Å². The van der Waals surface area contributed by atoms with Crippen molar-refractivity contribution in [3.05, 3.63) is 60.4 Å². The maximum Gasteiger partial charge on any atom is 0.321 e. The van der Waals surface area contributed by atoms with Crippen LogP contribution in [0.5, 0.6) is 5.75 Å². The van der Waals surface area contributed by atoms with E-state index in [1.54, 1.807) is 11.8 Å². The first-order valence-corrected chi connectivity index (χ1v) is 9.48. The normalized spacial score (nSPS) is 14.6. The number of urea groups is 1. The van der Waals surface area contributed by atoms with E-state index in [9.17, 15) is 4.79 Å². The van der Waals surface area contributed by atoms with E-state index in [0.717, 1.165) is 36.0 Å². The Balaban J connectivity index is 1.31. The van der Waals surface area contributed by atoms with E-state index in [1.165, 1.54) is 0 Å². The lowest BCUT2D eigenvalue weighted by Crippen LogP contribution is -2.49. The van der Waals surface area contributed by atoms with Crippen LogP contribution in [-0.2, 0) is 6.54 Å². The molecule has 2 amide bonds. The highest BCUT2D eigenvalue weighted by Crippen LogP contribution is 2.16. The molecule has 0 bridgehead atoms. The minimum atomic E-state index is -0.0936. The van der Waals surface area contributed by atoms with Crippen molar-refractivity contribution >= 4 is 11.7 Å². The number of rotatable bonds is 5. The zero-order chi connectivity index (χ0) is 20.1. The topological polar surface area (TPSA) is 88.4 Å². The number of amides is 2. The average molecular weight is 393 g/mol. The van der Waals surface area contributed by atoms with Gasteiger partial charge in [0, 0.05) is 31.9 Å². The van der Waals surface area contributed by atoms with E-state index in [-0.39, 0.29) is 6.03 Å². The number of aromatic nitrogens is 4. The summed E-state index contributed by atoms with van der Waals surface area (Å²) in [6, 6.07) is 17.0. The number of piperazine rings is 1. The van der Waals surface area contributed by atoms with Gasteiger partial charge in [0.1, 0.15) is 5.75 Å². The average Bonchev–Trinajstić information content (AvgIpc) is 3.23. The van der Waals surface area contributed by atoms with Gasteiger partial charge in [-0.1, -0.05) is 18.2 Å². The Hall–Kier alpha value is -3.46. The molecule has 1 N–H and O–H groups in total. The summed E-state index contributed by atoms with van der Waals surface area (Å²) in [6.07, 6.45) is 0. The van der Waals surface area contributed by atoms with E-state index >= 15 is 0 Å². The maximum absolute atomic E-state index is 12.5. The van der Waals surface area contributed by atoms with Crippen LogP contribution in [0.3, 0.4) is 0 Å². The van der Waals surface area contributed by atoms with Crippen LogP contribution >= 0.6 is 0 Å². The molecular weight excluding hydrogens is 370 g/mol. The number of benzene rings is 2. The molecule has 9 heteroatoms. The number of anilines is 1. The number of hydrogen-bond donors (Lipinski definition) is 1. The fraction of sp³-hybridized carbons (Fsp3) is 0.300. The van der Waals surface area contributed by atoms with Crippen molar-refractivity contribution in [1.29, 1.82) is 0 Å². The minimum Gasteiger partial charge on any atom is -0.497 e. The zero-order valence-corrected chi connectivity index (χ0v) is 16.2. The molecule has 0 aliphatic carbocycles. The summed E-state index contributed by atoms with van der Waals surface area (Å²) in [5.74, 6) is 1.54. The summed E-state index contributed by atoms with van der Waals surface area (Å²) in [4.78, 5) is 16.6.